The zero-order chi connectivity index (χ0) is 20.9. The van der Waals surface area contributed by atoms with Gasteiger partial charge in [-0.1, -0.05) is 60.2 Å². The fourth-order valence-corrected chi connectivity index (χ4v) is 3.96. The van der Waals surface area contributed by atoms with Crippen molar-refractivity contribution in [2.75, 3.05) is 18.4 Å². The molecule has 0 saturated carbocycles. The van der Waals surface area contributed by atoms with Crippen LogP contribution in [0, 0.1) is 6.92 Å². The molecular weight excluding hydrogens is 394 g/mol. The molecular formula is C24H21N3O2S. The number of hydrogen-bond acceptors (Lipinski definition) is 5. The first kappa shape index (κ1) is 19.8. The van der Waals surface area contributed by atoms with Crippen LogP contribution in [0.2, 0.25) is 0 Å². The Kier molecular flexibility index (Phi) is 5.86. The SMILES string of the molecule is Cc1ccc(C(=O)c2ccccc2C(=O)NCCNc2nsc3ccccc23)cc1. The maximum Gasteiger partial charge on any atom is 0.252 e. The van der Waals surface area contributed by atoms with Crippen LogP contribution in [0.4, 0.5) is 5.82 Å². The maximum atomic E-state index is 12.9. The van der Waals surface area contributed by atoms with E-state index in [2.05, 4.69) is 15.0 Å². The van der Waals surface area contributed by atoms with Crippen molar-refractivity contribution in [3.05, 3.63) is 95.1 Å². The molecule has 2 N–H and O–H groups in total. The molecule has 1 amide bonds. The van der Waals surface area contributed by atoms with Gasteiger partial charge in [0.1, 0.15) is 5.82 Å². The second-order valence-electron chi connectivity index (χ2n) is 6.95. The highest BCUT2D eigenvalue weighted by Crippen LogP contribution is 2.25. The predicted octanol–water partition coefficient (Wildman–Crippen LogP) is 4.68. The molecule has 4 rings (SSSR count). The number of ketones is 1. The van der Waals surface area contributed by atoms with E-state index in [1.165, 1.54) is 11.5 Å². The topological polar surface area (TPSA) is 71.1 Å². The molecule has 0 spiro atoms. The fourth-order valence-electron chi connectivity index (χ4n) is 3.21. The summed E-state index contributed by atoms with van der Waals surface area (Å²) in [6.45, 7) is 2.92. The van der Waals surface area contributed by atoms with Gasteiger partial charge in [-0.3, -0.25) is 9.59 Å². The van der Waals surface area contributed by atoms with Gasteiger partial charge in [0, 0.05) is 29.6 Å². The van der Waals surface area contributed by atoms with E-state index in [-0.39, 0.29) is 11.7 Å². The molecule has 0 radical (unpaired) electrons. The molecule has 0 saturated heterocycles. The van der Waals surface area contributed by atoms with Gasteiger partial charge in [-0.05, 0) is 36.7 Å². The standard InChI is InChI=1S/C24H21N3O2S/c1-16-10-12-17(13-11-16)22(28)18-6-2-3-7-19(18)24(29)26-15-14-25-23-20-8-4-5-9-21(20)30-27-23/h2-13H,14-15H2,1H3,(H,25,27)(H,26,29). The number of fused-ring (bicyclic) bond motifs is 1. The van der Waals surface area contributed by atoms with Crippen molar-refractivity contribution in [2.45, 2.75) is 6.92 Å². The first-order valence-electron chi connectivity index (χ1n) is 9.70. The van der Waals surface area contributed by atoms with Crippen molar-refractivity contribution in [1.29, 1.82) is 0 Å². The smallest absolute Gasteiger partial charge is 0.252 e. The molecule has 150 valence electrons. The molecule has 0 unspecified atom stereocenters. The van der Waals surface area contributed by atoms with Crippen molar-refractivity contribution in [3.63, 3.8) is 0 Å². The van der Waals surface area contributed by atoms with Crippen LogP contribution in [0.15, 0.2) is 72.8 Å². The van der Waals surface area contributed by atoms with Gasteiger partial charge in [0.25, 0.3) is 5.91 Å². The Bertz CT molecular complexity index is 1200. The predicted molar refractivity (Wildman–Crippen MR) is 121 cm³/mol. The van der Waals surface area contributed by atoms with Gasteiger partial charge in [-0.2, -0.15) is 4.37 Å². The number of anilines is 1. The Morgan fingerprint density at radius 2 is 1.57 bits per heavy atom. The summed E-state index contributed by atoms with van der Waals surface area (Å²) in [4.78, 5) is 25.6. The van der Waals surface area contributed by atoms with Crippen LogP contribution in [0.5, 0.6) is 0 Å². The molecule has 6 heteroatoms. The van der Waals surface area contributed by atoms with Crippen molar-refractivity contribution in [2.24, 2.45) is 0 Å². The number of nitrogens with zero attached hydrogens (tertiary/aromatic N) is 1. The summed E-state index contributed by atoms with van der Waals surface area (Å²) < 4.78 is 5.54. The van der Waals surface area contributed by atoms with Crippen LogP contribution < -0.4 is 10.6 Å². The Labute approximate surface area is 178 Å². The first-order valence-corrected chi connectivity index (χ1v) is 10.5. The Balaban J connectivity index is 1.40. The summed E-state index contributed by atoms with van der Waals surface area (Å²) in [5.41, 5.74) is 2.43. The highest BCUT2D eigenvalue weighted by Gasteiger charge is 2.17. The minimum Gasteiger partial charge on any atom is -0.367 e. The number of carbonyl (C=O) groups excluding carboxylic acids is 2. The molecule has 0 aliphatic carbocycles. The number of rotatable bonds is 7. The van der Waals surface area contributed by atoms with Crippen LogP contribution in [0.1, 0.15) is 31.8 Å². The lowest BCUT2D eigenvalue weighted by Gasteiger charge is -2.10. The minimum atomic E-state index is -0.268. The molecule has 4 aromatic rings. The lowest BCUT2D eigenvalue weighted by atomic mass is 9.97. The van der Waals surface area contributed by atoms with E-state index in [1.807, 2.05) is 43.3 Å². The maximum absolute atomic E-state index is 12.9. The number of hydrogen-bond donors (Lipinski definition) is 2. The summed E-state index contributed by atoms with van der Waals surface area (Å²) >= 11 is 1.44. The average Bonchev–Trinajstić information content (AvgIpc) is 3.20. The van der Waals surface area contributed by atoms with Gasteiger partial charge in [0.15, 0.2) is 5.78 Å². The van der Waals surface area contributed by atoms with Crippen LogP contribution in [-0.2, 0) is 0 Å². The van der Waals surface area contributed by atoms with E-state index in [0.717, 1.165) is 21.5 Å². The summed E-state index contributed by atoms with van der Waals surface area (Å²) in [5.74, 6) is 0.392. The van der Waals surface area contributed by atoms with E-state index in [1.54, 1.807) is 36.4 Å². The van der Waals surface area contributed by atoms with Gasteiger partial charge in [-0.15, -0.1) is 0 Å². The van der Waals surface area contributed by atoms with Crippen LogP contribution in [0.3, 0.4) is 0 Å². The van der Waals surface area contributed by atoms with Crippen LogP contribution in [-0.4, -0.2) is 29.2 Å². The number of benzene rings is 3. The molecule has 5 nitrogen and oxygen atoms in total. The van der Waals surface area contributed by atoms with Gasteiger partial charge >= 0.3 is 0 Å². The largest absolute Gasteiger partial charge is 0.367 e. The Morgan fingerprint density at radius 1 is 0.867 bits per heavy atom. The lowest BCUT2D eigenvalue weighted by Crippen LogP contribution is -2.30. The summed E-state index contributed by atoms with van der Waals surface area (Å²) in [7, 11) is 0. The summed E-state index contributed by atoms with van der Waals surface area (Å²) in [6.07, 6.45) is 0. The Hall–Kier alpha value is -3.51. The van der Waals surface area contributed by atoms with E-state index < -0.39 is 0 Å². The fraction of sp³-hybridized carbons (Fsp3) is 0.125. The molecule has 0 bridgehead atoms. The highest BCUT2D eigenvalue weighted by molar-refractivity contribution is 7.13. The molecule has 0 atom stereocenters. The number of carbonyl (C=O) groups is 2. The highest BCUT2D eigenvalue weighted by atomic mass is 32.1. The second kappa shape index (κ2) is 8.88. The number of nitrogens with one attached hydrogen (secondary N) is 2. The molecule has 1 heterocycles. The normalized spacial score (nSPS) is 10.7. The van der Waals surface area contributed by atoms with E-state index in [0.29, 0.717) is 29.8 Å². The van der Waals surface area contributed by atoms with E-state index in [9.17, 15) is 9.59 Å². The van der Waals surface area contributed by atoms with Gasteiger partial charge < -0.3 is 10.6 Å². The molecule has 0 aliphatic heterocycles. The quantitative estimate of drug-likeness (QED) is 0.340. The number of aryl methyl sites for hydroxylation is 1. The van der Waals surface area contributed by atoms with Crippen LogP contribution in [0.25, 0.3) is 10.1 Å². The van der Waals surface area contributed by atoms with Gasteiger partial charge in [-0.25, -0.2) is 0 Å². The second-order valence-corrected chi connectivity index (χ2v) is 7.76. The zero-order valence-corrected chi connectivity index (χ0v) is 17.3. The van der Waals surface area contributed by atoms with Crippen molar-refractivity contribution in [1.82, 2.24) is 9.69 Å². The number of aromatic nitrogens is 1. The van der Waals surface area contributed by atoms with Crippen LogP contribution >= 0.6 is 11.5 Å². The van der Waals surface area contributed by atoms with Crippen molar-refractivity contribution < 1.29 is 9.59 Å². The van der Waals surface area contributed by atoms with Crippen molar-refractivity contribution in [3.8, 4) is 0 Å². The Morgan fingerprint density at radius 3 is 2.37 bits per heavy atom. The molecule has 30 heavy (non-hydrogen) atoms. The van der Waals surface area contributed by atoms with E-state index >= 15 is 0 Å². The lowest BCUT2D eigenvalue weighted by molar-refractivity contribution is 0.0943. The zero-order valence-electron chi connectivity index (χ0n) is 16.5. The average molecular weight is 416 g/mol. The molecule has 1 aromatic heterocycles. The molecule has 0 aliphatic rings. The van der Waals surface area contributed by atoms with Gasteiger partial charge in [0.2, 0.25) is 0 Å². The van der Waals surface area contributed by atoms with Crippen molar-refractivity contribution >= 4 is 39.1 Å². The third-order valence-corrected chi connectivity index (χ3v) is 5.64. The minimum absolute atomic E-state index is 0.159. The molecule has 3 aromatic carbocycles. The number of amides is 1. The summed E-state index contributed by atoms with van der Waals surface area (Å²) in [5, 5.41) is 7.22. The van der Waals surface area contributed by atoms with E-state index in [4.69, 9.17) is 0 Å². The first-order chi connectivity index (χ1) is 14.6. The third kappa shape index (κ3) is 4.23. The molecule has 0 fully saturated rings. The third-order valence-electron chi connectivity index (χ3n) is 4.81. The monoisotopic (exact) mass is 415 g/mol. The van der Waals surface area contributed by atoms with Gasteiger partial charge in [0.05, 0.1) is 10.3 Å². The summed E-state index contributed by atoms with van der Waals surface area (Å²) in [6, 6.07) is 22.3.